The number of hydrogen-bond acceptors (Lipinski definition) is 0. The molecule has 0 bridgehead atoms. The average molecular weight is 97.3 g/mol. The molecule has 0 saturated carbocycles. The van der Waals surface area contributed by atoms with Gasteiger partial charge in [-0.15, -0.1) is 0 Å². The van der Waals surface area contributed by atoms with Gasteiger partial charge in [0.15, 0.2) is 0 Å². The zero-order chi connectivity index (χ0) is 7.44. The van der Waals surface area contributed by atoms with Gasteiger partial charge in [-0.05, 0) is 0 Å². The van der Waals surface area contributed by atoms with Crippen molar-refractivity contribution < 1.29 is 0 Å². The van der Waals surface area contributed by atoms with Crippen LogP contribution in [0.4, 0.5) is 0 Å². The highest BCUT2D eigenvalue weighted by Gasteiger charge is 2.18. The topological polar surface area (TPSA) is 0 Å². The second kappa shape index (κ2) is 4.41. The van der Waals surface area contributed by atoms with Gasteiger partial charge in [0.05, 0.1) is 0 Å². The van der Waals surface area contributed by atoms with Gasteiger partial charge in [-0.2, -0.15) is 0 Å². The predicted octanol–water partition coefficient (Wildman–Crippen LogP) is -3.43. The first kappa shape index (κ1) is 9.58. The van der Waals surface area contributed by atoms with E-state index in [1.54, 1.807) is 0 Å². The van der Waals surface area contributed by atoms with Crippen LogP contribution < -0.4 is 0 Å². The molecule has 0 amide bonds. The zero-order valence-electron chi connectivity index (χ0n) is 5.20. The second-order valence-corrected chi connectivity index (χ2v) is 1.92. The van der Waals surface area contributed by atoms with Gasteiger partial charge in [-0.3, -0.25) is 0 Å². The molecule has 0 aromatic carbocycles. The normalized spacial score (nSPS) is 8.00. The Morgan fingerprint density at radius 3 is 1.22 bits per heavy atom. The highest BCUT2D eigenvalue weighted by atomic mass is 13.0. The van der Waals surface area contributed by atoms with Crippen LogP contribution in [0.5, 0.6) is 0 Å². The minimum absolute atomic E-state index is 0.315. The van der Waals surface area contributed by atoms with Gasteiger partial charge in [-0.25, -0.2) is 0 Å². The molecule has 0 atom stereocenters. The van der Waals surface area contributed by atoms with E-state index in [0.717, 1.165) is 0 Å². The molecule has 0 unspecified atom stereocenters. The van der Waals surface area contributed by atoms with Gasteiger partial charge in [0, 0.05) is 64.9 Å². The molecule has 0 nitrogen and oxygen atoms in total. The lowest BCUT2D eigenvalue weighted by molar-refractivity contribution is 3.58. The maximum Gasteiger partial charge on any atom is 0 e. The lowest BCUT2D eigenvalue weighted by Crippen LogP contribution is -2.55. The van der Waals surface area contributed by atoms with Crippen molar-refractivity contribution in [3.05, 3.63) is 0 Å². The van der Waals surface area contributed by atoms with Crippen molar-refractivity contribution in [2.45, 2.75) is 0 Å². The Hall–Kier alpha value is 0.584. The number of rotatable bonds is 3. The van der Waals surface area contributed by atoms with E-state index in [1.165, 1.54) is 7.06 Å². The van der Waals surface area contributed by atoms with E-state index in [0.29, 0.717) is 0 Å². The Balaban J connectivity index is 3.68. The van der Waals surface area contributed by atoms with Crippen LogP contribution in [0, 0.1) is 0 Å². The molecule has 0 saturated heterocycles. The molecule has 0 fully saturated rings. The quantitative estimate of drug-likeness (QED) is 0.322. The molecular formula is B9. The highest BCUT2D eigenvalue weighted by molar-refractivity contribution is 7.93. The first-order valence-electron chi connectivity index (χ1n) is 2.67. The molecule has 0 aliphatic heterocycles. The third kappa shape index (κ3) is 3.32. The molecule has 0 aliphatic rings. The molecule has 0 aromatic rings. The van der Waals surface area contributed by atoms with Crippen molar-refractivity contribution in [1.29, 1.82) is 0 Å². The van der Waals surface area contributed by atoms with Crippen LogP contribution in [0.1, 0.15) is 0 Å². The second-order valence-electron chi connectivity index (χ2n) is 1.92. The predicted molar refractivity (Wildman–Crippen MR) is 51.8 cm³/mol. The van der Waals surface area contributed by atoms with Gasteiger partial charge in [0.1, 0.15) is 0 Å². The molecule has 11 radical (unpaired) electrons. The van der Waals surface area contributed by atoms with E-state index in [2.05, 4.69) is 0 Å². The summed E-state index contributed by atoms with van der Waals surface area (Å²) in [5, 5.41) is 0. The van der Waals surface area contributed by atoms with Crippen LogP contribution in [0.2, 0.25) is 0 Å². The summed E-state index contributed by atoms with van der Waals surface area (Å²) in [5.74, 6) is 0. The van der Waals surface area contributed by atoms with Gasteiger partial charge < -0.3 is 0 Å². The van der Waals surface area contributed by atoms with Crippen LogP contribution in [0.15, 0.2) is 0 Å². The molecule has 9 heteroatoms. The Bertz CT molecular complexity index is 54.4. The van der Waals surface area contributed by atoms with Crippen LogP contribution >= 0.6 is 0 Å². The van der Waals surface area contributed by atoms with E-state index in [9.17, 15) is 0 Å². The Morgan fingerprint density at radius 2 is 1.22 bits per heavy atom. The van der Waals surface area contributed by atoms with Crippen LogP contribution in [-0.2, 0) is 0 Å². The van der Waals surface area contributed by atoms with Gasteiger partial charge in [0.25, 0.3) is 0 Å². The van der Waals surface area contributed by atoms with Gasteiger partial charge in [-0.1, -0.05) is 0 Å². The molecule has 0 aromatic heterocycles. The first-order chi connectivity index (χ1) is 4.09. The number of hydrogen-bond donors (Lipinski definition) is 0. The molecular weight excluding hydrogens is 97.3 g/mol. The average Bonchev–Trinajstić information content (AvgIpc) is 1.64. The minimum Gasteiger partial charge on any atom is 0 e. The van der Waals surface area contributed by atoms with Crippen molar-refractivity contribution >= 4 is 64.9 Å². The molecule has 9 heavy (non-hydrogen) atoms. The summed E-state index contributed by atoms with van der Waals surface area (Å²) in [7, 11) is 27.5. The molecule has 0 N–H and O–H groups in total. The third-order valence-corrected chi connectivity index (χ3v) is 1.11. The third-order valence-electron chi connectivity index (χ3n) is 1.11. The fourth-order valence-corrected chi connectivity index (χ4v) is 0.513. The Morgan fingerprint density at radius 1 is 0.889 bits per heavy atom. The maximum atomic E-state index is 5.25. The lowest BCUT2D eigenvalue weighted by Gasteiger charge is -2.17. The fraction of sp³-hybridized carbons (Fsp3) is 0. The molecule has 0 heterocycles. The fourth-order valence-electron chi connectivity index (χ4n) is 0.513. The van der Waals surface area contributed by atoms with Crippen molar-refractivity contribution in [2.75, 3.05) is 0 Å². The van der Waals surface area contributed by atoms with Crippen molar-refractivity contribution in [3.8, 4) is 0 Å². The summed E-state index contributed by atoms with van der Waals surface area (Å²) in [6.45, 7) is 0. The summed E-state index contributed by atoms with van der Waals surface area (Å²) < 4.78 is 0. The van der Waals surface area contributed by atoms with Gasteiger partial charge in [0.2, 0.25) is 0 Å². The van der Waals surface area contributed by atoms with Gasteiger partial charge >= 0.3 is 0 Å². The monoisotopic (exact) mass is 99.1 g/mol. The summed E-state index contributed by atoms with van der Waals surface area (Å²) >= 11 is 0. The van der Waals surface area contributed by atoms with Crippen molar-refractivity contribution in [2.24, 2.45) is 0 Å². The van der Waals surface area contributed by atoms with Crippen LogP contribution in [0.25, 0.3) is 0 Å². The Labute approximate surface area is 65.5 Å². The first-order valence-corrected chi connectivity index (χ1v) is 2.67. The summed E-state index contributed by atoms with van der Waals surface area (Å²) in [4.78, 5) is 0. The zero-order valence-corrected chi connectivity index (χ0v) is 5.20. The maximum absolute atomic E-state index is 5.25. The summed E-state index contributed by atoms with van der Waals surface area (Å²) in [6, 6.07) is 0. The standard InChI is InChI=1S/B9/c1-6-9(7(2)3)8(4)5. The SMILES string of the molecule is [B][B]B(B([B])[B])B([B])[B]. The summed E-state index contributed by atoms with van der Waals surface area (Å²) in [5.41, 5.74) is 0. The lowest BCUT2D eigenvalue weighted by atomic mass is 8.64. The van der Waals surface area contributed by atoms with Crippen LogP contribution in [-0.4, -0.2) is 64.9 Å². The van der Waals surface area contributed by atoms with Crippen LogP contribution in [0.3, 0.4) is 0 Å². The largest absolute Gasteiger partial charge is 0 e. The molecule has 0 aliphatic carbocycles. The minimum atomic E-state index is -0.574. The van der Waals surface area contributed by atoms with E-state index in [-0.39, 0.29) is 6.39 Å². The van der Waals surface area contributed by atoms with E-state index < -0.39 is 12.8 Å². The Kier molecular flexibility index (Phi) is 4.69. The smallest absolute Gasteiger partial charge is 0 e. The molecule has 0 rings (SSSR count). The molecule has 0 spiro atoms. The highest BCUT2D eigenvalue weighted by Crippen LogP contribution is 1.80. The van der Waals surface area contributed by atoms with Crippen molar-refractivity contribution in [3.63, 3.8) is 0 Å². The van der Waals surface area contributed by atoms with E-state index >= 15 is 0 Å². The van der Waals surface area contributed by atoms with Crippen molar-refractivity contribution in [1.82, 2.24) is 0 Å². The van der Waals surface area contributed by atoms with E-state index in [4.69, 9.17) is 38.7 Å². The summed E-state index contributed by atoms with van der Waals surface area (Å²) in [6.07, 6.45) is -1.46. The van der Waals surface area contributed by atoms with E-state index in [1.807, 2.05) is 0 Å². The molecule has 27 valence electrons.